The van der Waals surface area contributed by atoms with E-state index in [1.807, 2.05) is 42.5 Å². The highest BCUT2D eigenvalue weighted by molar-refractivity contribution is 5.96. The molecule has 0 aliphatic heterocycles. The summed E-state index contributed by atoms with van der Waals surface area (Å²) >= 11 is 0. The second kappa shape index (κ2) is 8.19. The van der Waals surface area contributed by atoms with Gasteiger partial charge < -0.3 is 15.4 Å². The molecular formula is C24H24N4O. The molecule has 146 valence electrons. The van der Waals surface area contributed by atoms with Crippen LogP contribution in [0.25, 0.3) is 10.8 Å². The Morgan fingerprint density at radius 2 is 1.66 bits per heavy atom. The van der Waals surface area contributed by atoms with Gasteiger partial charge in [-0.05, 0) is 42.5 Å². The van der Waals surface area contributed by atoms with E-state index in [1.54, 1.807) is 0 Å². The van der Waals surface area contributed by atoms with Crippen LogP contribution in [-0.2, 0) is 6.42 Å². The van der Waals surface area contributed by atoms with E-state index in [9.17, 15) is 0 Å². The molecule has 1 aromatic heterocycles. The Hall–Kier alpha value is -3.60. The molecule has 0 saturated carbocycles. The molecule has 4 aromatic rings. The van der Waals surface area contributed by atoms with E-state index in [0.717, 1.165) is 17.5 Å². The molecule has 5 nitrogen and oxygen atoms in total. The number of aromatic nitrogens is 2. The summed E-state index contributed by atoms with van der Waals surface area (Å²) in [4.78, 5) is 10.8. The number of fused-ring (bicyclic) bond motifs is 1. The van der Waals surface area contributed by atoms with E-state index in [-0.39, 0.29) is 0 Å². The Balaban J connectivity index is 1.72. The van der Waals surface area contributed by atoms with Crippen molar-refractivity contribution >= 4 is 28.0 Å². The van der Waals surface area contributed by atoms with Gasteiger partial charge in [0.25, 0.3) is 0 Å². The number of nitrogens with two attached hydrogens (primary N) is 1. The largest absolute Gasteiger partial charge is 0.437 e. The minimum Gasteiger partial charge on any atom is -0.437 e. The summed E-state index contributed by atoms with van der Waals surface area (Å²) in [6.45, 7) is 4.91. The fourth-order valence-corrected chi connectivity index (χ4v) is 3.45. The molecule has 5 heteroatoms. The molecule has 0 bridgehead atoms. The topological polar surface area (TPSA) is 64.3 Å². The maximum atomic E-state index is 6.45. The first kappa shape index (κ1) is 18.7. The van der Waals surface area contributed by atoms with Gasteiger partial charge >= 0.3 is 0 Å². The van der Waals surface area contributed by atoms with E-state index < -0.39 is 0 Å². The highest BCUT2D eigenvalue weighted by Gasteiger charge is 2.18. The second-order valence-electron chi connectivity index (χ2n) is 6.76. The first-order chi connectivity index (χ1) is 14.2. The Morgan fingerprint density at radius 1 is 0.897 bits per heavy atom. The van der Waals surface area contributed by atoms with Gasteiger partial charge in [-0.3, -0.25) is 0 Å². The van der Waals surface area contributed by atoms with Gasteiger partial charge in [0, 0.05) is 11.9 Å². The minimum absolute atomic E-state index is 0.359. The number of rotatable bonds is 6. The van der Waals surface area contributed by atoms with Crippen molar-refractivity contribution < 1.29 is 4.74 Å². The molecule has 4 rings (SSSR count). The van der Waals surface area contributed by atoms with Crippen molar-refractivity contribution in [2.75, 3.05) is 17.2 Å². The lowest BCUT2D eigenvalue weighted by Gasteiger charge is -2.25. The van der Waals surface area contributed by atoms with Crippen LogP contribution in [0.2, 0.25) is 0 Å². The zero-order chi connectivity index (χ0) is 20.2. The van der Waals surface area contributed by atoms with Crippen molar-refractivity contribution in [2.45, 2.75) is 20.3 Å². The SMILES string of the molecule is CCc1ccc(Oc2ncnc(N(CC)c3cccc4ccccc34)c2N)cc1. The van der Waals surface area contributed by atoms with Crippen molar-refractivity contribution in [1.29, 1.82) is 0 Å². The number of hydrogen-bond acceptors (Lipinski definition) is 5. The number of hydrogen-bond donors (Lipinski definition) is 1. The summed E-state index contributed by atoms with van der Waals surface area (Å²) in [6.07, 6.45) is 2.48. The van der Waals surface area contributed by atoms with Crippen LogP contribution < -0.4 is 15.4 Å². The molecule has 0 unspecified atom stereocenters. The Labute approximate surface area is 170 Å². The van der Waals surface area contributed by atoms with Gasteiger partial charge in [-0.1, -0.05) is 55.5 Å². The predicted molar refractivity (Wildman–Crippen MR) is 119 cm³/mol. The molecule has 0 aliphatic rings. The number of nitrogens with zero attached hydrogens (tertiary/aromatic N) is 3. The molecule has 0 aliphatic carbocycles. The number of nitrogen functional groups attached to an aromatic ring is 1. The standard InChI is InChI=1S/C24H24N4O/c1-3-17-12-14-19(15-13-17)29-24-22(25)23(26-16-27-24)28(4-2)21-11-7-9-18-8-5-6-10-20(18)21/h5-16H,3-4,25H2,1-2H3. The van der Waals surface area contributed by atoms with E-state index in [2.05, 4.69) is 53.0 Å². The average Bonchev–Trinajstić information content (AvgIpc) is 2.77. The van der Waals surface area contributed by atoms with Crippen LogP contribution in [-0.4, -0.2) is 16.5 Å². The highest BCUT2D eigenvalue weighted by Crippen LogP contribution is 2.37. The third-order valence-corrected chi connectivity index (χ3v) is 5.00. The monoisotopic (exact) mass is 384 g/mol. The van der Waals surface area contributed by atoms with Crippen molar-refractivity contribution in [3.63, 3.8) is 0 Å². The molecule has 0 amide bonds. The summed E-state index contributed by atoms with van der Waals surface area (Å²) < 4.78 is 5.96. The summed E-state index contributed by atoms with van der Waals surface area (Å²) in [6, 6.07) is 22.5. The third kappa shape index (κ3) is 3.72. The van der Waals surface area contributed by atoms with Gasteiger partial charge in [0.2, 0.25) is 5.88 Å². The summed E-state index contributed by atoms with van der Waals surface area (Å²) in [5.74, 6) is 1.70. The van der Waals surface area contributed by atoms with Crippen LogP contribution in [0, 0.1) is 0 Å². The predicted octanol–water partition coefficient (Wildman–Crippen LogP) is 5.72. The molecule has 29 heavy (non-hydrogen) atoms. The Kier molecular flexibility index (Phi) is 5.29. The molecule has 3 aromatic carbocycles. The Morgan fingerprint density at radius 3 is 2.41 bits per heavy atom. The van der Waals surface area contributed by atoms with Crippen LogP contribution in [0.4, 0.5) is 17.2 Å². The first-order valence-electron chi connectivity index (χ1n) is 9.83. The molecule has 0 saturated heterocycles. The fourth-order valence-electron chi connectivity index (χ4n) is 3.45. The highest BCUT2D eigenvalue weighted by atomic mass is 16.5. The maximum absolute atomic E-state index is 6.45. The zero-order valence-electron chi connectivity index (χ0n) is 16.7. The van der Waals surface area contributed by atoms with Crippen LogP contribution in [0.1, 0.15) is 19.4 Å². The van der Waals surface area contributed by atoms with E-state index in [1.165, 1.54) is 17.3 Å². The maximum Gasteiger partial charge on any atom is 0.248 e. The number of anilines is 3. The average molecular weight is 384 g/mol. The van der Waals surface area contributed by atoms with E-state index >= 15 is 0 Å². The van der Waals surface area contributed by atoms with Crippen LogP contribution >= 0.6 is 0 Å². The lowest BCUT2D eigenvalue weighted by atomic mass is 10.1. The molecule has 0 radical (unpaired) electrons. The summed E-state index contributed by atoms with van der Waals surface area (Å²) in [7, 11) is 0. The van der Waals surface area contributed by atoms with Crippen LogP contribution in [0.5, 0.6) is 11.6 Å². The van der Waals surface area contributed by atoms with Gasteiger partial charge in [0.05, 0.1) is 5.69 Å². The molecule has 0 fully saturated rings. The summed E-state index contributed by atoms with van der Waals surface area (Å²) in [5, 5.41) is 2.32. The van der Waals surface area contributed by atoms with Gasteiger partial charge in [-0.2, -0.15) is 4.98 Å². The second-order valence-corrected chi connectivity index (χ2v) is 6.76. The lowest BCUT2D eigenvalue weighted by Crippen LogP contribution is -2.19. The smallest absolute Gasteiger partial charge is 0.248 e. The molecule has 1 heterocycles. The van der Waals surface area contributed by atoms with Crippen molar-refractivity contribution in [1.82, 2.24) is 9.97 Å². The third-order valence-electron chi connectivity index (χ3n) is 5.00. The van der Waals surface area contributed by atoms with Crippen LogP contribution in [0.15, 0.2) is 73.1 Å². The van der Waals surface area contributed by atoms with E-state index in [4.69, 9.17) is 10.5 Å². The first-order valence-corrected chi connectivity index (χ1v) is 9.83. The molecule has 0 atom stereocenters. The molecule has 2 N–H and O–H groups in total. The quantitative estimate of drug-likeness (QED) is 0.460. The minimum atomic E-state index is 0.359. The number of benzene rings is 3. The van der Waals surface area contributed by atoms with Crippen molar-refractivity contribution in [3.8, 4) is 11.6 Å². The molecular weight excluding hydrogens is 360 g/mol. The van der Waals surface area contributed by atoms with Gasteiger partial charge in [-0.15, -0.1) is 0 Å². The van der Waals surface area contributed by atoms with Crippen LogP contribution in [0.3, 0.4) is 0 Å². The zero-order valence-corrected chi connectivity index (χ0v) is 16.7. The lowest BCUT2D eigenvalue weighted by molar-refractivity contribution is 0.464. The summed E-state index contributed by atoms with van der Waals surface area (Å²) in [5.41, 5.74) is 9.17. The normalized spacial score (nSPS) is 10.8. The van der Waals surface area contributed by atoms with Crippen molar-refractivity contribution in [3.05, 3.63) is 78.6 Å². The van der Waals surface area contributed by atoms with Crippen molar-refractivity contribution in [2.24, 2.45) is 0 Å². The Bertz CT molecular complexity index is 1120. The van der Waals surface area contributed by atoms with Gasteiger partial charge in [0.15, 0.2) is 5.82 Å². The fraction of sp³-hybridized carbons (Fsp3) is 0.167. The van der Waals surface area contributed by atoms with E-state index in [0.29, 0.717) is 29.7 Å². The van der Waals surface area contributed by atoms with Gasteiger partial charge in [-0.25, -0.2) is 4.98 Å². The van der Waals surface area contributed by atoms with Gasteiger partial charge in [0.1, 0.15) is 17.8 Å². The number of ether oxygens (including phenoxy) is 1. The molecule has 0 spiro atoms. The number of aryl methyl sites for hydroxylation is 1.